The van der Waals surface area contributed by atoms with Crippen LogP contribution >= 0.6 is 24.0 Å². The molecule has 0 heterocycles. The molecule has 1 atom stereocenters. The molecule has 6 heteroatoms. The zero-order chi connectivity index (χ0) is 13.5. The molecule has 0 spiro atoms. The van der Waals surface area contributed by atoms with Crippen molar-refractivity contribution in [1.82, 2.24) is 0 Å². The standard InChI is InChI=1S/C13H19ClN2O2.ClH/c1-3-6-18-12-5-4-10(14)8-11(12)16-13(17)7-9(2)15;/h4-5,8-9H,3,6-7,15H2,1-2H3,(H,16,17);1H. The predicted octanol–water partition coefficient (Wildman–Crippen LogP) is 3.23. The van der Waals surface area contributed by atoms with Gasteiger partial charge in [0.2, 0.25) is 5.91 Å². The van der Waals surface area contributed by atoms with Crippen LogP contribution in [-0.4, -0.2) is 18.6 Å². The van der Waals surface area contributed by atoms with Crippen LogP contribution in [0.2, 0.25) is 5.02 Å². The van der Waals surface area contributed by atoms with Crippen LogP contribution in [0.4, 0.5) is 5.69 Å². The van der Waals surface area contributed by atoms with E-state index in [4.69, 9.17) is 22.1 Å². The third-order valence-electron chi connectivity index (χ3n) is 2.18. The van der Waals surface area contributed by atoms with Gasteiger partial charge in [-0.1, -0.05) is 18.5 Å². The molecule has 1 aromatic rings. The van der Waals surface area contributed by atoms with E-state index in [0.717, 1.165) is 6.42 Å². The number of rotatable bonds is 6. The highest BCUT2D eigenvalue weighted by atomic mass is 35.5. The molecule has 1 unspecified atom stereocenters. The highest BCUT2D eigenvalue weighted by molar-refractivity contribution is 6.31. The first kappa shape index (κ1) is 18.0. The molecule has 0 aliphatic carbocycles. The van der Waals surface area contributed by atoms with Gasteiger partial charge in [0.25, 0.3) is 0 Å². The number of nitrogens with one attached hydrogen (secondary N) is 1. The van der Waals surface area contributed by atoms with Gasteiger partial charge in [-0.3, -0.25) is 4.79 Å². The van der Waals surface area contributed by atoms with Gasteiger partial charge in [-0.2, -0.15) is 0 Å². The van der Waals surface area contributed by atoms with Crippen LogP contribution in [0.25, 0.3) is 0 Å². The van der Waals surface area contributed by atoms with Crippen molar-refractivity contribution in [3.63, 3.8) is 0 Å². The van der Waals surface area contributed by atoms with Gasteiger partial charge in [-0.15, -0.1) is 12.4 Å². The average Bonchev–Trinajstić information content (AvgIpc) is 2.26. The Kier molecular flexibility index (Phi) is 8.56. The van der Waals surface area contributed by atoms with E-state index in [0.29, 0.717) is 23.1 Å². The van der Waals surface area contributed by atoms with Crippen molar-refractivity contribution in [1.29, 1.82) is 0 Å². The molecule has 108 valence electrons. The minimum absolute atomic E-state index is 0. The number of carbonyl (C=O) groups excluding carboxylic acids is 1. The maximum absolute atomic E-state index is 11.7. The summed E-state index contributed by atoms with van der Waals surface area (Å²) in [4.78, 5) is 11.7. The van der Waals surface area contributed by atoms with Gasteiger partial charge < -0.3 is 15.8 Å². The third kappa shape index (κ3) is 6.66. The molecule has 0 fully saturated rings. The van der Waals surface area contributed by atoms with Gasteiger partial charge in [0.1, 0.15) is 5.75 Å². The Hall–Kier alpha value is -0.970. The van der Waals surface area contributed by atoms with Crippen molar-refractivity contribution in [2.24, 2.45) is 5.73 Å². The van der Waals surface area contributed by atoms with Crippen molar-refractivity contribution in [3.8, 4) is 5.75 Å². The lowest BCUT2D eigenvalue weighted by molar-refractivity contribution is -0.116. The molecule has 4 nitrogen and oxygen atoms in total. The van der Waals surface area contributed by atoms with Crippen molar-refractivity contribution in [3.05, 3.63) is 23.2 Å². The molecular formula is C13H20Cl2N2O2. The summed E-state index contributed by atoms with van der Waals surface area (Å²) in [6.45, 7) is 4.40. The van der Waals surface area contributed by atoms with Crippen LogP contribution in [0, 0.1) is 0 Å². The minimum atomic E-state index is -0.177. The molecule has 0 saturated carbocycles. The second-order valence-corrected chi connectivity index (χ2v) is 4.65. The normalized spacial score (nSPS) is 11.4. The molecule has 1 amide bonds. The topological polar surface area (TPSA) is 64.3 Å². The van der Waals surface area contributed by atoms with Crippen LogP contribution in [0.3, 0.4) is 0 Å². The van der Waals surface area contributed by atoms with E-state index in [1.54, 1.807) is 25.1 Å². The summed E-state index contributed by atoms with van der Waals surface area (Å²) < 4.78 is 5.54. The number of anilines is 1. The fourth-order valence-corrected chi connectivity index (χ4v) is 1.60. The van der Waals surface area contributed by atoms with Crippen molar-refractivity contribution in [2.75, 3.05) is 11.9 Å². The van der Waals surface area contributed by atoms with Crippen molar-refractivity contribution < 1.29 is 9.53 Å². The minimum Gasteiger partial charge on any atom is -0.491 e. The largest absolute Gasteiger partial charge is 0.491 e. The molecular weight excluding hydrogens is 287 g/mol. The lowest BCUT2D eigenvalue weighted by Gasteiger charge is -2.13. The van der Waals surface area contributed by atoms with Gasteiger partial charge in [-0.25, -0.2) is 0 Å². The second kappa shape index (κ2) is 9.02. The highest BCUT2D eigenvalue weighted by Gasteiger charge is 2.10. The lowest BCUT2D eigenvalue weighted by Crippen LogP contribution is -2.24. The van der Waals surface area contributed by atoms with Gasteiger partial charge in [0.05, 0.1) is 12.3 Å². The number of ether oxygens (including phenoxy) is 1. The smallest absolute Gasteiger partial charge is 0.226 e. The molecule has 0 aliphatic rings. The third-order valence-corrected chi connectivity index (χ3v) is 2.42. The summed E-state index contributed by atoms with van der Waals surface area (Å²) in [5, 5.41) is 3.31. The Morgan fingerprint density at radius 2 is 2.21 bits per heavy atom. The SMILES string of the molecule is CCCOc1ccc(Cl)cc1NC(=O)CC(C)N.Cl. The molecule has 0 aliphatic heterocycles. The van der Waals surface area contributed by atoms with E-state index in [-0.39, 0.29) is 30.8 Å². The van der Waals surface area contributed by atoms with Crippen LogP contribution in [0.5, 0.6) is 5.75 Å². The number of benzene rings is 1. The van der Waals surface area contributed by atoms with E-state index in [9.17, 15) is 4.79 Å². The summed E-state index contributed by atoms with van der Waals surface area (Å²) in [7, 11) is 0. The van der Waals surface area contributed by atoms with Gasteiger partial charge >= 0.3 is 0 Å². The zero-order valence-electron chi connectivity index (χ0n) is 11.1. The van der Waals surface area contributed by atoms with E-state index < -0.39 is 0 Å². The Balaban J connectivity index is 0.00000324. The Labute approximate surface area is 125 Å². The van der Waals surface area contributed by atoms with Crippen LogP contribution in [0.1, 0.15) is 26.7 Å². The van der Waals surface area contributed by atoms with Crippen molar-refractivity contribution in [2.45, 2.75) is 32.7 Å². The lowest BCUT2D eigenvalue weighted by atomic mass is 10.2. The summed E-state index contributed by atoms with van der Waals surface area (Å²) in [5.74, 6) is 0.480. The summed E-state index contributed by atoms with van der Waals surface area (Å²) in [5.41, 5.74) is 6.16. The quantitative estimate of drug-likeness (QED) is 0.848. The van der Waals surface area contributed by atoms with Gasteiger partial charge in [-0.05, 0) is 31.5 Å². The molecule has 3 N–H and O–H groups in total. The van der Waals surface area contributed by atoms with E-state index in [1.807, 2.05) is 6.92 Å². The van der Waals surface area contributed by atoms with Gasteiger partial charge in [0.15, 0.2) is 0 Å². The fraction of sp³-hybridized carbons (Fsp3) is 0.462. The second-order valence-electron chi connectivity index (χ2n) is 4.22. The van der Waals surface area contributed by atoms with E-state index >= 15 is 0 Å². The van der Waals surface area contributed by atoms with E-state index in [1.165, 1.54) is 0 Å². The number of hydrogen-bond donors (Lipinski definition) is 2. The molecule has 1 aromatic carbocycles. The monoisotopic (exact) mass is 306 g/mol. The summed E-state index contributed by atoms with van der Waals surface area (Å²) in [6.07, 6.45) is 1.16. The summed E-state index contributed by atoms with van der Waals surface area (Å²) in [6, 6.07) is 4.97. The predicted molar refractivity (Wildman–Crippen MR) is 81.4 cm³/mol. The number of amides is 1. The highest BCUT2D eigenvalue weighted by Crippen LogP contribution is 2.28. The first-order valence-electron chi connectivity index (χ1n) is 6.00. The number of nitrogens with two attached hydrogens (primary N) is 1. The van der Waals surface area contributed by atoms with Gasteiger partial charge in [0, 0.05) is 17.5 Å². The Bertz CT molecular complexity index is 412. The maximum Gasteiger partial charge on any atom is 0.226 e. The molecule has 0 radical (unpaired) electrons. The Morgan fingerprint density at radius 1 is 1.53 bits per heavy atom. The molecule has 1 rings (SSSR count). The molecule has 0 saturated heterocycles. The number of carbonyl (C=O) groups is 1. The first-order chi connectivity index (χ1) is 8.52. The first-order valence-corrected chi connectivity index (χ1v) is 6.38. The summed E-state index contributed by atoms with van der Waals surface area (Å²) >= 11 is 5.91. The Morgan fingerprint density at radius 3 is 2.79 bits per heavy atom. The van der Waals surface area contributed by atoms with Crippen LogP contribution in [0.15, 0.2) is 18.2 Å². The fourth-order valence-electron chi connectivity index (χ4n) is 1.43. The van der Waals surface area contributed by atoms with Crippen LogP contribution < -0.4 is 15.8 Å². The average molecular weight is 307 g/mol. The molecule has 0 bridgehead atoms. The maximum atomic E-state index is 11.7. The van der Waals surface area contributed by atoms with E-state index in [2.05, 4.69) is 5.32 Å². The number of halogens is 2. The van der Waals surface area contributed by atoms with Crippen LogP contribution in [-0.2, 0) is 4.79 Å². The van der Waals surface area contributed by atoms with Crippen molar-refractivity contribution >= 4 is 35.6 Å². The molecule has 19 heavy (non-hydrogen) atoms. The molecule has 0 aromatic heterocycles. The zero-order valence-corrected chi connectivity index (χ0v) is 12.7. The number of hydrogen-bond acceptors (Lipinski definition) is 3.